The second-order valence-electron chi connectivity index (χ2n) is 4.31. The van der Waals surface area contributed by atoms with E-state index in [1.807, 2.05) is 20.8 Å². The van der Waals surface area contributed by atoms with Crippen molar-refractivity contribution in [3.63, 3.8) is 0 Å². The highest BCUT2D eigenvalue weighted by molar-refractivity contribution is 4.84. The molecule has 0 fully saturated rings. The first-order valence-electron chi connectivity index (χ1n) is 4.59. The molecule has 1 aromatic heterocycles. The highest BCUT2D eigenvalue weighted by Crippen LogP contribution is 2.09. The number of tetrazole rings is 1. The third kappa shape index (κ3) is 2.74. The van der Waals surface area contributed by atoms with Gasteiger partial charge in [0.2, 0.25) is 0 Å². The molecule has 0 aliphatic heterocycles. The van der Waals surface area contributed by atoms with Gasteiger partial charge in [-0.05, 0) is 26.0 Å². The first kappa shape index (κ1) is 11.1. The van der Waals surface area contributed by atoms with E-state index < -0.39 is 0 Å². The maximum absolute atomic E-state index is 8.75. The average Bonchev–Trinajstić information content (AvgIpc) is 2.51. The fourth-order valence-electron chi connectivity index (χ4n) is 0.908. The Morgan fingerprint density at radius 3 is 2.57 bits per heavy atom. The normalized spacial score (nSPS) is 14.4. The summed E-state index contributed by atoms with van der Waals surface area (Å²) in [4.78, 5) is 1.55. The van der Waals surface area contributed by atoms with Gasteiger partial charge >= 0.3 is 0 Å². The van der Waals surface area contributed by atoms with E-state index in [9.17, 15) is 0 Å². The van der Waals surface area contributed by atoms with Crippen LogP contribution in [0.25, 0.3) is 0 Å². The van der Waals surface area contributed by atoms with E-state index in [0.717, 1.165) is 0 Å². The summed E-state index contributed by atoms with van der Waals surface area (Å²) in [6, 6.07) is -0.312. The Bertz CT molecular complexity index is 290. The van der Waals surface area contributed by atoms with Crippen molar-refractivity contribution in [3.05, 3.63) is 5.82 Å². The van der Waals surface area contributed by atoms with Gasteiger partial charge < -0.3 is 10.8 Å². The summed E-state index contributed by atoms with van der Waals surface area (Å²) in [7, 11) is 0. The molecule has 0 spiro atoms. The van der Waals surface area contributed by atoms with Crippen LogP contribution < -0.4 is 5.73 Å². The molecule has 1 unspecified atom stereocenters. The lowest BCUT2D eigenvalue weighted by molar-refractivity contribution is 0.263. The minimum Gasteiger partial charge on any atom is -0.395 e. The van der Waals surface area contributed by atoms with Crippen LogP contribution in [0.3, 0.4) is 0 Å². The molecule has 0 amide bonds. The summed E-state index contributed by atoms with van der Waals surface area (Å²) in [6.07, 6.45) is 0.451. The van der Waals surface area contributed by atoms with Crippen LogP contribution in [-0.2, 0) is 12.0 Å². The Morgan fingerprint density at radius 2 is 2.14 bits per heavy atom. The van der Waals surface area contributed by atoms with Crippen LogP contribution in [0.4, 0.5) is 0 Å². The third-order valence-electron chi connectivity index (χ3n) is 1.73. The first-order valence-corrected chi connectivity index (χ1v) is 4.59. The Hall–Kier alpha value is -1.01. The van der Waals surface area contributed by atoms with E-state index >= 15 is 0 Å². The largest absolute Gasteiger partial charge is 0.395 e. The van der Waals surface area contributed by atoms with Crippen LogP contribution in [0.15, 0.2) is 0 Å². The molecule has 14 heavy (non-hydrogen) atoms. The zero-order valence-corrected chi connectivity index (χ0v) is 8.80. The lowest BCUT2D eigenvalue weighted by Gasteiger charge is -2.15. The summed E-state index contributed by atoms with van der Waals surface area (Å²) in [6.45, 7) is 5.91. The maximum Gasteiger partial charge on any atom is 0.176 e. The maximum atomic E-state index is 8.75. The predicted molar refractivity (Wildman–Crippen MR) is 51.6 cm³/mol. The Morgan fingerprint density at radius 1 is 1.50 bits per heavy atom. The van der Waals surface area contributed by atoms with Gasteiger partial charge in [0.1, 0.15) is 0 Å². The highest BCUT2D eigenvalue weighted by atomic mass is 16.3. The molecule has 3 N–H and O–H groups in total. The van der Waals surface area contributed by atoms with Gasteiger partial charge in [-0.3, -0.25) is 0 Å². The van der Waals surface area contributed by atoms with Crippen molar-refractivity contribution in [2.75, 3.05) is 6.61 Å². The predicted octanol–water partition coefficient (Wildman–Crippen LogP) is -0.710. The second-order valence-corrected chi connectivity index (χ2v) is 4.31. The third-order valence-corrected chi connectivity index (χ3v) is 1.73. The van der Waals surface area contributed by atoms with Crippen LogP contribution >= 0.6 is 0 Å². The second kappa shape index (κ2) is 4.02. The van der Waals surface area contributed by atoms with Gasteiger partial charge in [-0.1, -0.05) is 0 Å². The molecular weight excluding hydrogens is 182 g/mol. The standard InChI is InChI=1S/C8H17N5O/c1-8(2,3)13-11-7(10-12-13)4-6(9)5-14/h6,14H,4-5,9H2,1-3H3. The van der Waals surface area contributed by atoms with E-state index in [1.54, 1.807) is 4.80 Å². The average molecular weight is 199 g/mol. The number of hydrogen-bond acceptors (Lipinski definition) is 5. The van der Waals surface area contributed by atoms with Crippen molar-refractivity contribution < 1.29 is 5.11 Å². The SMILES string of the molecule is CC(C)(C)n1nnc(CC(N)CO)n1. The number of hydrogen-bond donors (Lipinski definition) is 2. The fraction of sp³-hybridized carbons (Fsp3) is 0.875. The Labute approximate surface area is 83.1 Å². The molecule has 1 atom stereocenters. The fourth-order valence-corrected chi connectivity index (χ4v) is 0.908. The number of nitrogens with two attached hydrogens (primary N) is 1. The van der Waals surface area contributed by atoms with Crippen LogP contribution in [0.5, 0.6) is 0 Å². The topological polar surface area (TPSA) is 89.9 Å². The molecule has 1 heterocycles. The lowest BCUT2D eigenvalue weighted by atomic mass is 10.1. The van der Waals surface area contributed by atoms with E-state index in [4.69, 9.17) is 10.8 Å². The smallest absolute Gasteiger partial charge is 0.176 e. The van der Waals surface area contributed by atoms with Gasteiger partial charge in [0.15, 0.2) is 5.82 Å². The summed E-state index contributed by atoms with van der Waals surface area (Å²) < 4.78 is 0. The molecule has 0 aromatic carbocycles. The molecule has 0 bridgehead atoms. The molecule has 0 aliphatic rings. The molecule has 6 nitrogen and oxygen atoms in total. The Kier molecular flexibility index (Phi) is 3.17. The molecule has 1 aromatic rings. The van der Waals surface area contributed by atoms with Gasteiger partial charge in [-0.2, -0.15) is 4.80 Å². The lowest BCUT2D eigenvalue weighted by Crippen LogP contribution is -2.28. The van der Waals surface area contributed by atoms with Crippen LogP contribution in [0, 0.1) is 0 Å². The van der Waals surface area contributed by atoms with Crippen LogP contribution in [0.1, 0.15) is 26.6 Å². The quantitative estimate of drug-likeness (QED) is 0.671. The number of nitrogens with zero attached hydrogens (tertiary/aromatic N) is 4. The molecule has 0 radical (unpaired) electrons. The van der Waals surface area contributed by atoms with E-state index in [2.05, 4.69) is 15.4 Å². The van der Waals surface area contributed by atoms with Crippen molar-refractivity contribution in [1.82, 2.24) is 20.2 Å². The number of aromatic nitrogens is 4. The zero-order valence-electron chi connectivity index (χ0n) is 8.80. The summed E-state index contributed by atoms with van der Waals surface area (Å²) in [5.41, 5.74) is 5.38. The number of aliphatic hydroxyl groups excluding tert-OH is 1. The van der Waals surface area contributed by atoms with E-state index in [1.165, 1.54) is 0 Å². The van der Waals surface area contributed by atoms with Crippen molar-refractivity contribution in [3.8, 4) is 0 Å². The van der Waals surface area contributed by atoms with Crippen molar-refractivity contribution in [2.45, 2.75) is 38.8 Å². The van der Waals surface area contributed by atoms with Crippen molar-refractivity contribution in [2.24, 2.45) is 5.73 Å². The van der Waals surface area contributed by atoms with Crippen LogP contribution in [-0.4, -0.2) is 38.0 Å². The van der Waals surface area contributed by atoms with Gasteiger partial charge in [0.25, 0.3) is 0 Å². The number of aliphatic hydroxyl groups is 1. The summed E-state index contributed by atoms with van der Waals surface area (Å²) >= 11 is 0. The molecule has 0 aliphatic carbocycles. The molecular formula is C8H17N5O. The highest BCUT2D eigenvalue weighted by Gasteiger charge is 2.17. The van der Waals surface area contributed by atoms with E-state index in [0.29, 0.717) is 12.2 Å². The van der Waals surface area contributed by atoms with Gasteiger partial charge in [0.05, 0.1) is 12.1 Å². The van der Waals surface area contributed by atoms with Gasteiger partial charge in [0, 0.05) is 12.5 Å². The molecule has 6 heteroatoms. The molecule has 0 saturated carbocycles. The van der Waals surface area contributed by atoms with Crippen molar-refractivity contribution in [1.29, 1.82) is 0 Å². The summed E-state index contributed by atoms with van der Waals surface area (Å²) in [5.74, 6) is 0.571. The first-order chi connectivity index (χ1) is 6.43. The van der Waals surface area contributed by atoms with Crippen LogP contribution in [0.2, 0.25) is 0 Å². The van der Waals surface area contributed by atoms with Gasteiger partial charge in [-0.25, -0.2) is 0 Å². The van der Waals surface area contributed by atoms with E-state index in [-0.39, 0.29) is 18.2 Å². The molecule has 0 saturated heterocycles. The number of rotatable bonds is 3. The Balaban J connectivity index is 2.69. The molecule has 80 valence electrons. The molecule has 1 rings (SSSR count). The minimum atomic E-state index is -0.312. The van der Waals surface area contributed by atoms with Crippen molar-refractivity contribution >= 4 is 0 Å². The summed E-state index contributed by atoms with van der Waals surface area (Å²) in [5, 5.41) is 20.7. The minimum absolute atomic E-state index is 0.0654. The zero-order chi connectivity index (χ0) is 10.8. The monoisotopic (exact) mass is 199 g/mol. The van der Waals surface area contributed by atoms with Gasteiger partial charge in [-0.15, -0.1) is 10.2 Å².